The topological polar surface area (TPSA) is 67.1 Å². The molecule has 128 valence electrons. The third-order valence-corrected chi connectivity index (χ3v) is 5.17. The summed E-state index contributed by atoms with van der Waals surface area (Å²) in [5.74, 6) is 1.60. The fourth-order valence-corrected chi connectivity index (χ4v) is 3.70. The maximum atomic E-state index is 5.70. The van der Waals surface area contributed by atoms with E-state index in [1.165, 1.54) is 24.1 Å². The summed E-state index contributed by atoms with van der Waals surface area (Å²) in [5.41, 5.74) is 4.31. The molecule has 6 heteroatoms. The van der Waals surface area contributed by atoms with Crippen molar-refractivity contribution in [2.24, 2.45) is 5.92 Å². The van der Waals surface area contributed by atoms with Crippen molar-refractivity contribution >= 4 is 22.9 Å². The average Bonchev–Trinajstić information content (AvgIpc) is 3.03. The van der Waals surface area contributed by atoms with Gasteiger partial charge in [-0.15, -0.1) is 5.10 Å². The number of benzene rings is 1. The van der Waals surface area contributed by atoms with E-state index in [0.29, 0.717) is 11.9 Å². The summed E-state index contributed by atoms with van der Waals surface area (Å²) in [5, 5.41) is 12.2. The minimum atomic E-state index is 0.577. The summed E-state index contributed by atoms with van der Waals surface area (Å²) >= 11 is 0. The Morgan fingerprint density at radius 2 is 2.00 bits per heavy atom. The molecule has 1 fully saturated rings. The summed E-state index contributed by atoms with van der Waals surface area (Å²) < 4.78 is 5.70. The van der Waals surface area contributed by atoms with Gasteiger partial charge in [-0.2, -0.15) is 10.1 Å². The summed E-state index contributed by atoms with van der Waals surface area (Å²) in [7, 11) is 0. The van der Waals surface area contributed by atoms with Gasteiger partial charge in [0.25, 0.3) is 6.01 Å². The first-order valence-corrected chi connectivity index (χ1v) is 9.05. The number of fused-ring (bicyclic) bond motifs is 2. The average molecular weight is 335 g/mol. The highest BCUT2D eigenvalue weighted by molar-refractivity contribution is 5.74. The minimum Gasteiger partial charge on any atom is -0.424 e. The van der Waals surface area contributed by atoms with Gasteiger partial charge in [-0.3, -0.25) is 0 Å². The number of nitrogens with one attached hydrogen (secondary N) is 1. The molecule has 1 saturated heterocycles. The Hall–Kier alpha value is -2.63. The van der Waals surface area contributed by atoms with Crippen molar-refractivity contribution in [3.63, 3.8) is 0 Å². The van der Waals surface area contributed by atoms with Crippen LogP contribution in [-0.2, 0) is 12.8 Å². The van der Waals surface area contributed by atoms with E-state index in [0.717, 1.165) is 49.4 Å². The lowest BCUT2D eigenvalue weighted by atomic mass is 9.95. The van der Waals surface area contributed by atoms with Crippen LogP contribution in [0.3, 0.4) is 0 Å². The lowest BCUT2D eigenvalue weighted by molar-refractivity contribution is 0.420. The molecule has 0 bridgehead atoms. The van der Waals surface area contributed by atoms with Crippen LogP contribution >= 0.6 is 0 Å². The number of aryl methyl sites for hydroxylation is 2. The smallest absolute Gasteiger partial charge is 0.295 e. The van der Waals surface area contributed by atoms with Crippen molar-refractivity contribution < 1.29 is 4.42 Å². The van der Waals surface area contributed by atoms with Crippen LogP contribution in [0.5, 0.6) is 0 Å². The van der Waals surface area contributed by atoms with Crippen molar-refractivity contribution in [1.29, 1.82) is 0 Å². The van der Waals surface area contributed by atoms with E-state index in [4.69, 9.17) is 4.42 Å². The molecule has 3 heterocycles. The van der Waals surface area contributed by atoms with Crippen LogP contribution in [0.25, 0.3) is 11.1 Å². The van der Waals surface area contributed by atoms with Gasteiger partial charge in [0.2, 0.25) is 0 Å². The second-order valence-electron chi connectivity index (χ2n) is 7.02. The van der Waals surface area contributed by atoms with Crippen molar-refractivity contribution in [3.05, 3.63) is 41.6 Å². The van der Waals surface area contributed by atoms with Gasteiger partial charge >= 0.3 is 0 Å². The zero-order chi connectivity index (χ0) is 16.6. The maximum Gasteiger partial charge on any atom is 0.295 e. The normalized spacial score (nSPS) is 17.4. The second kappa shape index (κ2) is 6.02. The number of para-hydroxylation sites is 2. The zero-order valence-corrected chi connectivity index (χ0v) is 14.1. The van der Waals surface area contributed by atoms with Gasteiger partial charge in [-0.1, -0.05) is 12.1 Å². The molecule has 0 amide bonds. The van der Waals surface area contributed by atoms with Crippen LogP contribution < -0.4 is 10.2 Å². The molecule has 6 nitrogen and oxygen atoms in total. The molecule has 2 aliphatic rings. The van der Waals surface area contributed by atoms with Crippen LogP contribution in [0.15, 0.2) is 34.7 Å². The van der Waals surface area contributed by atoms with Crippen molar-refractivity contribution in [3.8, 4) is 0 Å². The minimum absolute atomic E-state index is 0.577. The molecule has 0 radical (unpaired) electrons. The first-order valence-electron chi connectivity index (χ1n) is 9.05. The number of aromatic nitrogens is 3. The molecule has 3 aromatic rings. The van der Waals surface area contributed by atoms with E-state index in [9.17, 15) is 0 Å². The predicted molar refractivity (Wildman–Crippen MR) is 96.9 cm³/mol. The highest BCUT2D eigenvalue weighted by Crippen LogP contribution is 2.27. The van der Waals surface area contributed by atoms with Gasteiger partial charge in [0, 0.05) is 25.6 Å². The summed E-state index contributed by atoms with van der Waals surface area (Å²) in [6.07, 6.45) is 4.75. The Kier molecular flexibility index (Phi) is 3.54. The fraction of sp³-hybridized carbons (Fsp3) is 0.421. The molecule has 1 aliphatic heterocycles. The van der Waals surface area contributed by atoms with E-state index in [2.05, 4.69) is 31.5 Å². The Labute approximate surface area is 146 Å². The van der Waals surface area contributed by atoms with Crippen LogP contribution in [-0.4, -0.2) is 34.8 Å². The first-order chi connectivity index (χ1) is 12.3. The van der Waals surface area contributed by atoms with Crippen molar-refractivity contribution in [2.75, 3.05) is 29.9 Å². The van der Waals surface area contributed by atoms with Gasteiger partial charge < -0.3 is 14.6 Å². The largest absolute Gasteiger partial charge is 0.424 e. The zero-order valence-electron chi connectivity index (χ0n) is 14.1. The SMILES string of the molecule is c1ccc2oc(NCC3CN(c4cc5c(nn4)CCCC5)C3)nc2c1. The standard InChI is InChI=1S/C19H21N5O/c1-2-6-15-14(5-1)9-18(23-22-15)24-11-13(12-24)10-20-19-21-16-7-3-4-8-17(16)25-19/h3-4,7-9,13H,1-2,5-6,10-12H2,(H,20,21). The summed E-state index contributed by atoms with van der Waals surface area (Å²) in [6, 6.07) is 10.7. The Bertz CT molecular complexity index is 867. The molecular weight excluding hydrogens is 314 g/mol. The van der Waals surface area contributed by atoms with Gasteiger partial charge in [-0.05, 0) is 49.4 Å². The first kappa shape index (κ1) is 14.7. The number of rotatable bonds is 4. The van der Waals surface area contributed by atoms with Crippen molar-refractivity contribution in [1.82, 2.24) is 15.2 Å². The highest BCUT2D eigenvalue weighted by Gasteiger charge is 2.29. The van der Waals surface area contributed by atoms with E-state index < -0.39 is 0 Å². The fourth-order valence-electron chi connectivity index (χ4n) is 3.70. The molecule has 1 aromatic carbocycles. The molecule has 0 unspecified atom stereocenters. The number of hydrogen-bond acceptors (Lipinski definition) is 6. The molecule has 0 atom stereocenters. The molecule has 25 heavy (non-hydrogen) atoms. The van der Waals surface area contributed by atoms with E-state index >= 15 is 0 Å². The van der Waals surface area contributed by atoms with Crippen LogP contribution in [0.4, 0.5) is 11.8 Å². The Morgan fingerprint density at radius 3 is 2.92 bits per heavy atom. The summed E-state index contributed by atoms with van der Waals surface area (Å²) in [4.78, 5) is 6.76. The van der Waals surface area contributed by atoms with Crippen LogP contribution in [0.2, 0.25) is 0 Å². The lowest BCUT2D eigenvalue weighted by Gasteiger charge is -2.40. The van der Waals surface area contributed by atoms with E-state index in [-0.39, 0.29) is 0 Å². The molecule has 1 aliphatic carbocycles. The maximum absolute atomic E-state index is 5.70. The lowest BCUT2D eigenvalue weighted by Crippen LogP contribution is -2.50. The molecular formula is C19H21N5O. The summed E-state index contributed by atoms with van der Waals surface area (Å²) in [6.45, 7) is 2.86. The molecule has 0 spiro atoms. The Morgan fingerprint density at radius 1 is 1.12 bits per heavy atom. The highest BCUT2D eigenvalue weighted by atomic mass is 16.4. The second-order valence-corrected chi connectivity index (χ2v) is 7.02. The number of hydrogen-bond donors (Lipinski definition) is 1. The molecule has 1 N–H and O–H groups in total. The molecule has 5 rings (SSSR count). The van der Waals surface area contributed by atoms with Crippen molar-refractivity contribution in [2.45, 2.75) is 25.7 Å². The van der Waals surface area contributed by atoms with Gasteiger partial charge in [0.05, 0.1) is 5.69 Å². The van der Waals surface area contributed by atoms with E-state index in [1.54, 1.807) is 0 Å². The quantitative estimate of drug-likeness (QED) is 0.790. The van der Waals surface area contributed by atoms with Crippen LogP contribution in [0, 0.1) is 5.92 Å². The van der Waals surface area contributed by atoms with Gasteiger partial charge in [-0.25, -0.2) is 0 Å². The number of anilines is 2. The number of oxazole rings is 1. The van der Waals surface area contributed by atoms with Gasteiger partial charge in [0.1, 0.15) is 5.52 Å². The van der Waals surface area contributed by atoms with Crippen LogP contribution in [0.1, 0.15) is 24.1 Å². The Balaban J connectivity index is 1.18. The third kappa shape index (κ3) is 2.81. The number of nitrogens with zero attached hydrogens (tertiary/aromatic N) is 4. The third-order valence-electron chi connectivity index (χ3n) is 5.17. The monoisotopic (exact) mass is 335 g/mol. The molecule has 0 saturated carbocycles. The van der Waals surface area contributed by atoms with Gasteiger partial charge in [0.15, 0.2) is 11.4 Å². The molecule has 2 aromatic heterocycles. The van der Waals surface area contributed by atoms with E-state index in [1.807, 2.05) is 24.3 Å². The predicted octanol–water partition coefficient (Wildman–Crippen LogP) is 3.04.